The molecule has 0 aliphatic rings. The minimum absolute atomic E-state index is 0.153. The highest BCUT2D eigenvalue weighted by atomic mass is 35.5. The number of rotatable bonds is 5. The molecule has 1 aromatic rings. The molecule has 0 fully saturated rings. The van der Waals surface area contributed by atoms with Crippen molar-refractivity contribution in [3.05, 3.63) is 23.2 Å². The summed E-state index contributed by atoms with van der Waals surface area (Å²) in [5, 5.41) is 0.392. The predicted octanol–water partition coefficient (Wildman–Crippen LogP) is 2.29. The molecule has 0 bridgehead atoms. The lowest BCUT2D eigenvalue weighted by atomic mass is 10.3. The van der Waals surface area contributed by atoms with Gasteiger partial charge in [0.25, 0.3) is 0 Å². The molecular formula is C11H13ClO4. The normalized spacial score (nSPS) is 9.69. The average Bonchev–Trinajstić information content (AvgIpc) is 2.27. The van der Waals surface area contributed by atoms with Gasteiger partial charge in [0.05, 0.1) is 18.7 Å². The third-order valence-corrected chi connectivity index (χ3v) is 2.09. The zero-order chi connectivity index (χ0) is 12.0. The number of carbonyl (C=O) groups is 1. The van der Waals surface area contributed by atoms with Crippen LogP contribution >= 0.6 is 11.6 Å². The Bertz CT molecular complexity index is 365. The van der Waals surface area contributed by atoms with Gasteiger partial charge in [0, 0.05) is 6.07 Å². The van der Waals surface area contributed by atoms with E-state index in [-0.39, 0.29) is 6.61 Å². The highest BCUT2D eigenvalue weighted by Crippen LogP contribution is 2.28. The van der Waals surface area contributed by atoms with Crippen molar-refractivity contribution in [3.63, 3.8) is 0 Å². The molecule has 4 nitrogen and oxygen atoms in total. The lowest BCUT2D eigenvalue weighted by Gasteiger charge is -2.08. The van der Waals surface area contributed by atoms with Crippen molar-refractivity contribution in [1.29, 1.82) is 0 Å². The molecule has 0 N–H and O–H groups in total. The highest BCUT2D eigenvalue weighted by molar-refractivity contribution is 6.32. The van der Waals surface area contributed by atoms with E-state index in [4.69, 9.17) is 25.8 Å². The maximum Gasteiger partial charge on any atom is 0.344 e. The number of halogens is 1. The van der Waals surface area contributed by atoms with Gasteiger partial charge in [-0.15, -0.1) is 0 Å². The lowest BCUT2D eigenvalue weighted by Crippen LogP contribution is -2.14. The zero-order valence-corrected chi connectivity index (χ0v) is 9.91. The molecule has 0 saturated carbocycles. The molecule has 0 radical (unpaired) electrons. The fraction of sp³-hybridized carbons (Fsp3) is 0.364. The summed E-state index contributed by atoms with van der Waals surface area (Å²) in [5.74, 6) is 0.637. The van der Waals surface area contributed by atoms with E-state index in [1.54, 1.807) is 32.2 Å². The minimum Gasteiger partial charge on any atom is -0.497 e. The van der Waals surface area contributed by atoms with Crippen molar-refractivity contribution in [2.45, 2.75) is 6.92 Å². The van der Waals surface area contributed by atoms with E-state index < -0.39 is 5.97 Å². The maximum atomic E-state index is 11.0. The van der Waals surface area contributed by atoms with Crippen LogP contribution < -0.4 is 9.47 Å². The van der Waals surface area contributed by atoms with Gasteiger partial charge in [-0.1, -0.05) is 11.6 Å². The Hall–Kier alpha value is -1.42. The largest absolute Gasteiger partial charge is 0.497 e. The second kappa shape index (κ2) is 6.23. The van der Waals surface area contributed by atoms with Crippen LogP contribution in [0.1, 0.15) is 6.92 Å². The van der Waals surface area contributed by atoms with Crippen molar-refractivity contribution in [2.24, 2.45) is 0 Å². The van der Waals surface area contributed by atoms with Gasteiger partial charge in [0.15, 0.2) is 6.61 Å². The number of hydrogen-bond acceptors (Lipinski definition) is 4. The molecule has 0 heterocycles. The van der Waals surface area contributed by atoms with E-state index in [0.717, 1.165) is 0 Å². The summed E-state index contributed by atoms with van der Waals surface area (Å²) in [4.78, 5) is 11.0. The molecule has 0 aromatic heterocycles. The Morgan fingerprint density at radius 3 is 2.75 bits per heavy atom. The molecule has 0 aliphatic carbocycles. The summed E-state index contributed by atoms with van der Waals surface area (Å²) in [5.41, 5.74) is 0. The van der Waals surface area contributed by atoms with Gasteiger partial charge in [-0.05, 0) is 19.1 Å². The Labute approximate surface area is 99.1 Å². The Morgan fingerprint density at radius 1 is 1.44 bits per heavy atom. The molecule has 16 heavy (non-hydrogen) atoms. The number of methoxy groups -OCH3 is 1. The second-order valence-electron chi connectivity index (χ2n) is 2.89. The van der Waals surface area contributed by atoms with Crippen LogP contribution in [-0.2, 0) is 9.53 Å². The van der Waals surface area contributed by atoms with Gasteiger partial charge in [-0.2, -0.15) is 0 Å². The van der Waals surface area contributed by atoms with Gasteiger partial charge in [0.2, 0.25) is 0 Å². The minimum atomic E-state index is -0.422. The average molecular weight is 245 g/mol. The van der Waals surface area contributed by atoms with E-state index >= 15 is 0 Å². The Balaban J connectivity index is 2.57. The van der Waals surface area contributed by atoms with Crippen molar-refractivity contribution in [2.75, 3.05) is 20.3 Å². The zero-order valence-electron chi connectivity index (χ0n) is 9.16. The molecule has 0 spiro atoms. The van der Waals surface area contributed by atoms with Crippen molar-refractivity contribution < 1.29 is 19.0 Å². The molecule has 0 atom stereocenters. The highest BCUT2D eigenvalue weighted by Gasteiger charge is 2.07. The predicted molar refractivity (Wildman–Crippen MR) is 60.1 cm³/mol. The lowest BCUT2D eigenvalue weighted by molar-refractivity contribution is -0.145. The van der Waals surface area contributed by atoms with E-state index in [1.165, 1.54) is 0 Å². The van der Waals surface area contributed by atoms with Crippen LogP contribution in [0.2, 0.25) is 5.02 Å². The van der Waals surface area contributed by atoms with E-state index in [9.17, 15) is 4.79 Å². The Morgan fingerprint density at radius 2 is 2.19 bits per heavy atom. The first-order valence-electron chi connectivity index (χ1n) is 4.79. The third kappa shape index (κ3) is 3.62. The number of ether oxygens (including phenoxy) is 3. The first-order chi connectivity index (χ1) is 7.67. The molecule has 0 amide bonds. The molecule has 0 saturated heterocycles. The molecule has 1 aromatic carbocycles. The van der Waals surface area contributed by atoms with Gasteiger partial charge < -0.3 is 14.2 Å². The SMILES string of the molecule is CCOC(=O)COc1ccc(OC)cc1Cl. The molecule has 0 aliphatic heterocycles. The van der Waals surface area contributed by atoms with Crippen LogP contribution in [0, 0.1) is 0 Å². The van der Waals surface area contributed by atoms with E-state index in [2.05, 4.69) is 0 Å². The summed E-state index contributed by atoms with van der Waals surface area (Å²) < 4.78 is 14.9. The maximum absolute atomic E-state index is 11.0. The van der Waals surface area contributed by atoms with Crippen molar-refractivity contribution >= 4 is 17.6 Å². The molecule has 88 valence electrons. The van der Waals surface area contributed by atoms with Gasteiger partial charge in [0.1, 0.15) is 11.5 Å². The first-order valence-corrected chi connectivity index (χ1v) is 5.17. The standard InChI is InChI=1S/C11H13ClO4/c1-3-15-11(13)7-16-10-5-4-8(14-2)6-9(10)12/h4-6H,3,7H2,1-2H3. The van der Waals surface area contributed by atoms with Crippen molar-refractivity contribution in [3.8, 4) is 11.5 Å². The summed E-state index contributed by atoms with van der Waals surface area (Å²) >= 11 is 5.91. The fourth-order valence-corrected chi connectivity index (χ4v) is 1.29. The molecule has 5 heteroatoms. The van der Waals surface area contributed by atoms with Crippen LogP contribution in [0.5, 0.6) is 11.5 Å². The summed E-state index contributed by atoms with van der Waals surface area (Å²) in [6.07, 6.45) is 0. The first kappa shape index (κ1) is 12.6. The Kier molecular flexibility index (Phi) is 4.92. The number of hydrogen-bond donors (Lipinski definition) is 0. The third-order valence-electron chi connectivity index (χ3n) is 1.79. The number of esters is 1. The molecular weight excluding hydrogens is 232 g/mol. The number of benzene rings is 1. The van der Waals surface area contributed by atoms with Crippen molar-refractivity contribution in [1.82, 2.24) is 0 Å². The van der Waals surface area contributed by atoms with Gasteiger partial charge >= 0.3 is 5.97 Å². The monoisotopic (exact) mass is 244 g/mol. The quantitative estimate of drug-likeness (QED) is 0.746. The van der Waals surface area contributed by atoms with Crippen LogP contribution in [0.25, 0.3) is 0 Å². The smallest absolute Gasteiger partial charge is 0.344 e. The van der Waals surface area contributed by atoms with E-state index in [1.807, 2.05) is 0 Å². The molecule has 1 rings (SSSR count). The van der Waals surface area contributed by atoms with Gasteiger partial charge in [-0.3, -0.25) is 0 Å². The topological polar surface area (TPSA) is 44.8 Å². The fourth-order valence-electron chi connectivity index (χ4n) is 1.06. The summed E-state index contributed by atoms with van der Waals surface area (Å²) in [6.45, 7) is 1.91. The van der Waals surface area contributed by atoms with Crippen LogP contribution in [0.15, 0.2) is 18.2 Å². The summed E-state index contributed by atoms with van der Waals surface area (Å²) in [6, 6.07) is 4.95. The number of carbonyl (C=O) groups excluding carboxylic acids is 1. The second-order valence-corrected chi connectivity index (χ2v) is 3.30. The van der Waals surface area contributed by atoms with Crippen LogP contribution in [0.3, 0.4) is 0 Å². The van der Waals surface area contributed by atoms with Crippen LogP contribution in [-0.4, -0.2) is 26.3 Å². The molecule has 0 unspecified atom stereocenters. The van der Waals surface area contributed by atoms with Crippen LogP contribution in [0.4, 0.5) is 0 Å². The summed E-state index contributed by atoms with van der Waals surface area (Å²) in [7, 11) is 1.55. The van der Waals surface area contributed by atoms with E-state index in [0.29, 0.717) is 23.1 Å². The van der Waals surface area contributed by atoms with Gasteiger partial charge in [-0.25, -0.2) is 4.79 Å².